The molecule has 1 N–H and O–H groups in total. The summed E-state index contributed by atoms with van der Waals surface area (Å²) >= 11 is 1.65. The van der Waals surface area contributed by atoms with Gasteiger partial charge in [0.2, 0.25) is 0 Å². The maximum absolute atomic E-state index is 12.1. The summed E-state index contributed by atoms with van der Waals surface area (Å²) in [6.07, 6.45) is 3.62. The van der Waals surface area contributed by atoms with Gasteiger partial charge in [0.05, 0.1) is 24.9 Å². The number of alkyl carbamates (subject to hydrolysis) is 1. The summed E-state index contributed by atoms with van der Waals surface area (Å²) in [6, 6.07) is 4.01. The van der Waals surface area contributed by atoms with Crippen LogP contribution in [-0.4, -0.2) is 32.0 Å². The molecule has 2 heterocycles. The van der Waals surface area contributed by atoms with Crippen molar-refractivity contribution in [3.05, 3.63) is 45.9 Å². The molecule has 0 aromatic carbocycles. The van der Waals surface area contributed by atoms with Crippen molar-refractivity contribution in [2.24, 2.45) is 11.8 Å². The predicted octanol–water partition coefficient (Wildman–Crippen LogP) is 3.01. The molecule has 3 rings (SSSR count). The first-order valence-corrected chi connectivity index (χ1v) is 9.05. The van der Waals surface area contributed by atoms with Crippen LogP contribution in [0.1, 0.15) is 18.2 Å². The molecule has 1 aliphatic carbocycles. The number of amides is 1. The number of methoxy groups -OCH3 is 1. The summed E-state index contributed by atoms with van der Waals surface area (Å²) in [5.41, 5.74) is 1.54. The molecule has 0 saturated carbocycles. The molecule has 134 valence electrons. The number of fused-ring (bicyclic) bond motifs is 1. The molecular formula is C18H21NO5S. The van der Waals surface area contributed by atoms with Crippen LogP contribution < -0.4 is 5.32 Å². The summed E-state index contributed by atoms with van der Waals surface area (Å²) in [7, 11) is 1.34. The number of carbonyl (C=O) groups is 2. The fraction of sp³-hybridized carbons (Fsp3) is 0.444. The summed E-state index contributed by atoms with van der Waals surface area (Å²) in [4.78, 5) is 25.2. The Labute approximate surface area is 150 Å². The number of thiophene rings is 1. The SMILES string of the molecule is COC(=O)C1=COC(OC(=O)NCCc2cccs2)C2C(C)=CCC12. The average molecular weight is 363 g/mol. The van der Waals surface area contributed by atoms with E-state index in [4.69, 9.17) is 14.2 Å². The Morgan fingerprint density at radius 2 is 2.28 bits per heavy atom. The monoisotopic (exact) mass is 363 g/mol. The predicted molar refractivity (Wildman–Crippen MR) is 92.8 cm³/mol. The summed E-state index contributed by atoms with van der Waals surface area (Å²) in [6.45, 7) is 2.46. The van der Waals surface area contributed by atoms with Crippen molar-refractivity contribution < 1.29 is 23.8 Å². The van der Waals surface area contributed by atoms with Crippen LogP contribution in [0.5, 0.6) is 0 Å². The van der Waals surface area contributed by atoms with Gasteiger partial charge < -0.3 is 19.5 Å². The van der Waals surface area contributed by atoms with Crippen LogP contribution in [0, 0.1) is 11.8 Å². The van der Waals surface area contributed by atoms with Gasteiger partial charge in [-0.25, -0.2) is 9.59 Å². The molecule has 1 amide bonds. The third kappa shape index (κ3) is 3.87. The summed E-state index contributed by atoms with van der Waals surface area (Å²) in [5, 5.41) is 4.75. The van der Waals surface area contributed by atoms with Gasteiger partial charge in [0, 0.05) is 17.3 Å². The quantitative estimate of drug-likeness (QED) is 0.643. The molecule has 2 aliphatic rings. The molecule has 3 unspecified atom stereocenters. The second kappa shape index (κ2) is 7.74. The molecular weight excluding hydrogens is 342 g/mol. The molecule has 3 atom stereocenters. The fourth-order valence-corrected chi connectivity index (χ4v) is 3.97. The Bertz CT molecular complexity index is 694. The van der Waals surface area contributed by atoms with E-state index in [1.165, 1.54) is 18.2 Å². The number of ether oxygens (including phenoxy) is 3. The van der Waals surface area contributed by atoms with Crippen molar-refractivity contribution in [3.63, 3.8) is 0 Å². The molecule has 0 bridgehead atoms. The minimum Gasteiger partial charge on any atom is -0.466 e. The van der Waals surface area contributed by atoms with Gasteiger partial charge in [-0.1, -0.05) is 17.7 Å². The van der Waals surface area contributed by atoms with Crippen LogP contribution in [0.3, 0.4) is 0 Å². The number of nitrogens with one attached hydrogen (secondary N) is 1. The highest BCUT2D eigenvalue weighted by Gasteiger charge is 2.44. The molecule has 25 heavy (non-hydrogen) atoms. The van der Waals surface area contributed by atoms with Crippen molar-refractivity contribution in [3.8, 4) is 0 Å². The van der Waals surface area contributed by atoms with Crippen molar-refractivity contribution in [1.82, 2.24) is 5.32 Å². The van der Waals surface area contributed by atoms with Crippen LogP contribution in [0.2, 0.25) is 0 Å². The molecule has 1 aromatic heterocycles. The Morgan fingerprint density at radius 1 is 1.44 bits per heavy atom. The zero-order valence-corrected chi connectivity index (χ0v) is 15.0. The Morgan fingerprint density at radius 3 is 3.00 bits per heavy atom. The number of carbonyl (C=O) groups excluding carboxylic acids is 2. The lowest BCUT2D eigenvalue weighted by Crippen LogP contribution is -2.40. The van der Waals surface area contributed by atoms with Gasteiger partial charge >= 0.3 is 12.1 Å². The summed E-state index contributed by atoms with van der Waals surface area (Å²) in [5.74, 6) is -0.649. The van der Waals surface area contributed by atoms with Crippen molar-refractivity contribution >= 4 is 23.4 Å². The third-order valence-corrected chi connectivity index (χ3v) is 5.48. The topological polar surface area (TPSA) is 73.9 Å². The lowest BCUT2D eigenvalue weighted by Gasteiger charge is -2.33. The van der Waals surface area contributed by atoms with E-state index in [1.54, 1.807) is 11.3 Å². The first-order chi connectivity index (χ1) is 12.1. The Kier molecular flexibility index (Phi) is 5.43. The van der Waals surface area contributed by atoms with E-state index < -0.39 is 18.4 Å². The van der Waals surface area contributed by atoms with Crippen LogP contribution in [0.4, 0.5) is 4.79 Å². The minimum absolute atomic E-state index is 0.0786. The maximum Gasteiger partial charge on any atom is 0.410 e. The van der Waals surface area contributed by atoms with Gasteiger partial charge in [-0.2, -0.15) is 0 Å². The highest BCUT2D eigenvalue weighted by atomic mass is 32.1. The van der Waals surface area contributed by atoms with Crippen LogP contribution in [0.25, 0.3) is 0 Å². The normalized spacial score (nSPS) is 24.5. The second-order valence-electron chi connectivity index (χ2n) is 6.05. The number of rotatable bonds is 5. The standard InChI is InChI=1S/C18H21NO5S/c1-11-5-6-13-14(16(20)22-2)10-23-17(15(11)13)24-18(21)19-8-7-12-4-3-9-25-12/h3-5,9-10,13,15,17H,6-8H2,1-2H3,(H,19,21). The first kappa shape index (κ1) is 17.5. The third-order valence-electron chi connectivity index (χ3n) is 4.54. The van der Waals surface area contributed by atoms with E-state index in [-0.39, 0.29) is 11.8 Å². The molecule has 1 aromatic rings. The van der Waals surface area contributed by atoms with Crippen LogP contribution in [0.15, 0.2) is 41.0 Å². The number of hydrogen-bond acceptors (Lipinski definition) is 6. The van der Waals surface area contributed by atoms with Crippen LogP contribution >= 0.6 is 11.3 Å². The van der Waals surface area contributed by atoms with Gasteiger partial charge in [-0.3, -0.25) is 0 Å². The molecule has 0 spiro atoms. The molecule has 0 radical (unpaired) electrons. The maximum atomic E-state index is 12.1. The van der Waals surface area contributed by atoms with Gasteiger partial charge in [-0.05, 0) is 31.2 Å². The second-order valence-corrected chi connectivity index (χ2v) is 7.08. The number of allylic oxidation sites excluding steroid dienone is 1. The van der Waals surface area contributed by atoms with E-state index in [2.05, 4.69) is 5.32 Å². The molecule has 0 fully saturated rings. The van der Waals surface area contributed by atoms with E-state index >= 15 is 0 Å². The zero-order chi connectivity index (χ0) is 17.8. The minimum atomic E-state index is -0.737. The smallest absolute Gasteiger partial charge is 0.410 e. The van der Waals surface area contributed by atoms with Crippen LogP contribution in [-0.2, 0) is 25.4 Å². The Hall–Kier alpha value is -2.28. The molecule has 1 aliphatic heterocycles. The van der Waals surface area contributed by atoms with E-state index in [0.717, 1.165) is 12.0 Å². The largest absolute Gasteiger partial charge is 0.466 e. The lowest BCUT2D eigenvalue weighted by atomic mass is 9.84. The van der Waals surface area contributed by atoms with Gasteiger partial charge in [0.1, 0.15) is 0 Å². The number of hydrogen-bond donors (Lipinski definition) is 1. The van der Waals surface area contributed by atoms with Gasteiger partial charge in [0.25, 0.3) is 6.29 Å². The van der Waals surface area contributed by atoms with E-state index in [0.29, 0.717) is 18.5 Å². The van der Waals surface area contributed by atoms with E-state index in [1.807, 2.05) is 30.5 Å². The average Bonchev–Trinajstić information content (AvgIpc) is 3.25. The first-order valence-electron chi connectivity index (χ1n) is 8.17. The highest BCUT2D eigenvalue weighted by Crippen LogP contribution is 2.43. The fourth-order valence-electron chi connectivity index (χ4n) is 3.26. The van der Waals surface area contributed by atoms with Gasteiger partial charge in [0.15, 0.2) is 0 Å². The van der Waals surface area contributed by atoms with Crippen molar-refractivity contribution in [1.29, 1.82) is 0 Å². The molecule has 0 saturated heterocycles. The summed E-state index contributed by atoms with van der Waals surface area (Å²) < 4.78 is 15.8. The van der Waals surface area contributed by atoms with E-state index in [9.17, 15) is 9.59 Å². The van der Waals surface area contributed by atoms with Crippen molar-refractivity contribution in [2.75, 3.05) is 13.7 Å². The Balaban J connectivity index is 1.58. The zero-order valence-electron chi connectivity index (χ0n) is 14.2. The van der Waals surface area contributed by atoms with Gasteiger partial charge in [-0.15, -0.1) is 11.3 Å². The number of esters is 1. The molecule has 7 heteroatoms. The highest BCUT2D eigenvalue weighted by molar-refractivity contribution is 7.09. The molecule has 6 nitrogen and oxygen atoms in total. The lowest BCUT2D eigenvalue weighted by molar-refractivity contribution is -0.141. The van der Waals surface area contributed by atoms with Crippen molar-refractivity contribution in [2.45, 2.75) is 26.1 Å².